The van der Waals surface area contributed by atoms with Crippen LogP contribution in [0.5, 0.6) is 0 Å². The van der Waals surface area contributed by atoms with Gasteiger partial charge in [-0.1, -0.05) is 12.8 Å². The SMILES string of the molecule is CCOC(=O)CCCC[C@@H]1CC[C@@H](CCCCC(=O)OCC)O1. The number of carbonyl (C=O) groups is 2. The van der Waals surface area contributed by atoms with Crippen LogP contribution in [0.25, 0.3) is 0 Å². The lowest BCUT2D eigenvalue weighted by Gasteiger charge is -2.13. The first-order valence-electron chi connectivity index (χ1n) is 9.12. The van der Waals surface area contributed by atoms with E-state index in [2.05, 4.69) is 0 Å². The molecule has 0 N–H and O–H groups in total. The van der Waals surface area contributed by atoms with E-state index in [0.717, 1.165) is 51.4 Å². The van der Waals surface area contributed by atoms with E-state index in [1.54, 1.807) is 0 Å². The van der Waals surface area contributed by atoms with E-state index in [-0.39, 0.29) is 11.9 Å². The van der Waals surface area contributed by atoms with Crippen LogP contribution in [-0.4, -0.2) is 37.4 Å². The smallest absolute Gasteiger partial charge is 0.305 e. The van der Waals surface area contributed by atoms with Gasteiger partial charge in [-0.3, -0.25) is 9.59 Å². The fourth-order valence-electron chi connectivity index (χ4n) is 2.95. The highest BCUT2D eigenvalue weighted by Gasteiger charge is 2.24. The third kappa shape index (κ3) is 9.59. The molecule has 0 spiro atoms. The molecule has 1 fully saturated rings. The van der Waals surface area contributed by atoms with Crippen LogP contribution in [0.4, 0.5) is 0 Å². The van der Waals surface area contributed by atoms with Crippen LogP contribution in [0.1, 0.15) is 78.1 Å². The van der Waals surface area contributed by atoms with E-state index in [4.69, 9.17) is 14.2 Å². The summed E-state index contributed by atoms with van der Waals surface area (Å²) in [6, 6.07) is 0. The number of carbonyl (C=O) groups excluding carboxylic acids is 2. The van der Waals surface area contributed by atoms with Gasteiger partial charge in [0.1, 0.15) is 0 Å². The molecule has 134 valence electrons. The molecule has 1 aliphatic heterocycles. The van der Waals surface area contributed by atoms with E-state index < -0.39 is 0 Å². The van der Waals surface area contributed by atoms with Crippen molar-refractivity contribution in [3.05, 3.63) is 0 Å². The molecule has 0 unspecified atom stereocenters. The highest BCUT2D eigenvalue weighted by Crippen LogP contribution is 2.27. The molecule has 5 nitrogen and oxygen atoms in total. The molecule has 0 aromatic rings. The molecular formula is C18H32O5. The summed E-state index contributed by atoms with van der Waals surface area (Å²) in [5.41, 5.74) is 0. The van der Waals surface area contributed by atoms with Gasteiger partial charge in [-0.15, -0.1) is 0 Å². The fraction of sp³-hybridized carbons (Fsp3) is 0.889. The molecule has 2 atom stereocenters. The Labute approximate surface area is 140 Å². The zero-order valence-corrected chi connectivity index (χ0v) is 14.7. The Hall–Kier alpha value is -1.10. The average Bonchev–Trinajstić information content (AvgIpc) is 2.97. The molecule has 0 aromatic heterocycles. The molecule has 1 saturated heterocycles. The average molecular weight is 328 g/mol. The minimum atomic E-state index is -0.0979. The predicted molar refractivity (Wildman–Crippen MR) is 88.1 cm³/mol. The standard InChI is InChI=1S/C18H32O5/c1-3-21-17(19)11-7-5-9-15-13-14-16(23-15)10-6-8-12-18(20)22-4-2/h15-16H,3-14H2,1-2H3/t15-,16-/m1/s1. The topological polar surface area (TPSA) is 61.8 Å². The lowest BCUT2D eigenvalue weighted by Crippen LogP contribution is -2.11. The third-order valence-corrected chi connectivity index (χ3v) is 4.12. The highest BCUT2D eigenvalue weighted by atomic mass is 16.5. The fourth-order valence-corrected chi connectivity index (χ4v) is 2.95. The number of rotatable bonds is 12. The van der Waals surface area contributed by atoms with E-state index in [1.165, 1.54) is 0 Å². The summed E-state index contributed by atoms with van der Waals surface area (Å²) in [6.07, 6.45) is 9.76. The summed E-state index contributed by atoms with van der Waals surface area (Å²) >= 11 is 0. The van der Waals surface area contributed by atoms with Crippen molar-refractivity contribution >= 4 is 11.9 Å². The van der Waals surface area contributed by atoms with Crippen molar-refractivity contribution in [1.82, 2.24) is 0 Å². The molecule has 0 saturated carbocycles. The van der Waals surface area contributed by atoms with Gasteiger partial charge in [-0.25, -0.2) is 0 Å². The van der Waals surface area contributed by atoms with Crippen LogP contribution in [-0.2, 0) is 23.8 Å². The van der Waals surface area contributed by atoms with Gasteiger partial charge in [0.2, 0.25) is 0 Å². The van der Waals surface area contributed by atoms with Crippen LogP contribution < -0.4 is 0 Å². The van der Waals surface area contributed by atoms with Crippen molar-refractivity contribution in [2.75, 3.05) is 13.2 Å². The summed E-state index contributed by atoms with van der Waals surface area (Å²) in [6.45, 7) is 4.58. The first-order valence-corrected chi connectivity index (χ1v) is 9.12. The summed E-state index contributed by atoms with van der Waals surface area (Å²) in [4.78, 5) is 22.5. The van der Waals surface area contributed by atoms with Gasteiger partial charge in [0, 0.05) is 12.8 Å². The van der Waals surface area contributed by atoms with Crippen LogP contribution >= 0.6 is 0 Å². The van der Waals surface area contributed by atoms with Gasteiger partial charge in [0.05, 0.1) is 25.4 Å². The maximum Gasteiger partial charge on any atom is 0.305 e. The zero-order chi connectivity index (χ0) is 16.9. The van der Waals surface area contributed by atoms with Crippen LogP contribution in [0.15, 0.2) is 0 Å². The summed E-state index contributed by atoms with van der Waals surface area (Å²) in [5, 5.41) is 0. The molecule has 5 heteroatoms. The van der Waals surface area contributed by atoms with Crippen molar-refractivity contribution in [1.29, 1.82) is 0 Å². The Morgan fingerprint density at radius 1 is 0.826 bits per heavy atom. The Kier molecular flexibility index (Phi) is 10.7. The van der Waals surface area contributed by atoms with E-state index in [0.29, 0.717) is 38.3 Å². The van der Waals surface area contributed by atoms with Crippen molar-refractivity contribution in [2.45, 2.75) is 90.3 Å². The summed E-state index contributed by atoms with van der Waals surface area (Å²) in [7, 11) is 0. The highest BCUT2D eigenvalue weighted by molar-refractivity contribution is 5.69. The van der Waals surface area contributed by atoms with Gasteiger partial charge in [0.15, 0.2) is 0 Å². The van der Waals surface area contributed by atoms with E-state index in [1.807, 2.05) is 13.8 Å². The van der Waals surface area contributed by atoms with Gasteiger partial charge in [-0.05, 0) is 52.4 Å². The second-order valence-electron chi connectivity index (χ2n) is 6.06. The summed E-state index contributed by atoms with van der Waals surface area (Å²) < 4.78 is 15.9. The normalized spacial score (nSPS) is 20.4. The summed E-state index contributed by atoms with van der Waals surface area (Å²) in [5.74, 6) is -0.196. The third-order valence-electron chi connectivity index (χ3n) is 4.12. The largest absolute Gasteiger partial charge is 0.466 e. The second kappa shape index (κ2) is 12.3. The van der Waals surface area contributed by atoms with E-state index >= 15 is 0 Å². The Bertz CT molecular complexity index is 310. The number of unbranched alkanes of at least 4 members (excludes halogenated alkanes) is 2. The van der Waals surface area contributed by atoms with E-state index in [9.17, 15) is 9.59 Å². The lowest BCUT2D eigenvalue weighted by molar-refractivity contribution is -0.144. The van der Waals surface area contributed by atoms with Crippen molar-refractivity contribution in [3.8, 4) is 0 Å². The predicted octanol–water partition coefficient (Wildman–Crippen LogP) is 3.78. The quantitative estimate of drug-likeness (QED) is 0.403. The maximum absolute atomic E-state index is 11.2. The van der Waals surface area contributed by atoms with Crippen molar-refractivity contribution in [3.63, 3.8) is 0 Å². The second-order valence-corrected chi connectivity index (χ2v) is 6.06. The molecule has 1 rings (SSSR count). The minimum absolute atomic E-state index is 0.0979. The van der Waals surface area contributed by atoms with Gasteiger partial charge < -0.3 is 14.2 Å². The molecule has 0 aromatic carbocycles. The first kappa shape index (κ1) is 19.9. The molecule has 0 bridgehead atoms. The molecule has 0 amide bonds. The van der Waals surface area contributed by atoms with Gasteiger partial charge in [0.25, 0.3) is 0 Å². The monoisotopic (exact) mass is 328 g/mol. The molecule has 0 aliphatic carbocycles. The molecule has 0 radical (unpaired) electrons. The van der Waals surface area contributed by atoms with Gasteiger partial charge >= 0.3 is 11.9 Å². The Balaban J connectivity index is 1.98. The number of hydrogen-bond acceptors (Lipinski definition) is 5. The minimum Gasteiger partial charge on any atom is -0.466 e. The first-order chi connectivity index (χ1) is 11.2. The number of hydrogen-bond donors (Lipinski definition) is 0. The Morgan fingerprint density at radius 2 is 1.26 bits per heavy atom. The lowest BCUT2D eigenvalue weighted by atomic mass is 10.1. The number of esters is 2. The van der Waals surface area contributed by atoms with Crippen LogP contribution in [0.3, 0.4) is 0 Å². The molecule has 1 heterocycles. The molecule has 23 heavy (non-hydrogen) atoms. The van der Waals surface area contributed by atoms with Gasteiger partial charge in [-0.2, -0.15) is 0 Å². The van der Waals surface area contributed by atoms with Crippen LogP contribution in [0, 0.1) is 0 Å². The number of ether oxygens (including phenoxy) is 3. The zero-order valence-electron chi connectivity index (χ0n) is 14.7. The molecular weight excluding hydrogens is 296 g/mol. The maximum atomic E-state index is 11.2. The van der Waals surface area contributed by atoms with Crippen molar-refractivity contribution in [2.24, 2.45) is 0 Å². The Morgan fingerprint density at radius 3 is 1.65 bits per heavy atom. The van der Waals surface area contributed by atoms with Crippen molar-refractivity contribution < 1.29 is 23.8 Å². The van der Waals surface area contributed by atoms with Crippen LogP contribution in [0.2, 0.25) is 0 Å². The molecule has 1 aliphatic rings.